The van der Waals surface area contributed by atoms with Crippen LogP contribution in [0.5, 0.6) is 5.75 Å². The molecular weight excluding hydrogens is 238 g/mol. The minimum absolute atomic E-state index is 0.0495. The highest BCUT2D eigenvalue weighted by Gasteiger charge is 2.28. The highest BCUT2D eigenvalue weighted by Crippen LogP contribution is 2.28. The number of hydrogen-bond donors (Lipinski definition) is 3. The molecule has 0 heterocycles. The van der Waals surface area contributed by atoms with Gasteiger partial charge in [-0.05, 0) is 25.8 Å². The van der Waals surface area contributed by atoms with Gasteiger partial charge in [-0.15, -0.1) is 0 Å². The molecule has 0 aromatic heterocycles. The van der Waals surface area contributed by atoms with E-state index in [1.165, 1.54) is 12.8 Å². The number of rotatable bonds is 4. The second-order valence-corrected chi connectivity index (χ2v) is 5.80. The summed E-state index contributed by atoms with van der Waals surface area (Å²) in [4.78, 5) is 0. The number of phenols is 1. The standard InChI is InChI=1S/C16H25NO2/c1-13(14-8-4-5-9-15(14)18)17-12-16(19)10-6-2-3-7-11-16/h4-5,8-9,13,17-19H,2-3,6-7,10-12H2,1H3. The molecule has 3 nitrogen and oxygen atoms in total. The Kier molecular flexibility index (Phi) is 4.83. The molecule has 1 aromatic rings. The van der Waals surface area contributed by atoms with Gasteiger partial charge in [-0.25, -0.2) is 0 Å². The Bertz CT molecular complexity index is 397. The first-order valence-electron chi connectivity index (χ1n) is 7.34. The lowest BCUT2D eigenvalue weighted by Crippen LogP contribution is -2.41. The van der Waals surface area contributed by atoms with Gasteiger partial charge >= 0.3 is 0 Å². The van der Waals surface area contributed by atoms with E-state index in [1.54, 1.807) is 6.07 Å². The van der Waals surface area contributed by atoms with Crippen LogP contribution in [0.2, 0.25) is 0 Å². The van der Waals surface area contributed by atoms with Gasteiger partial charge in [-0.3, -0.25) is 0 Å². The third-order valence-corrected chi connectivity index (χ3v) is 4.17. The van der Waals surface area contributed by atoms with Crippen molar-refractivity contribution < 1.29 is 10.2 Å². The van der Waals surface area contributed by atoms with Gasteiger partial charge in [0.05, 0.1) is 5.60 Å². The summed E-state index contributed by atoms with van der Waals surface area (Å²) in [6, 6.07) is 7.42. The van der Waals surface area contributed by atoms with Crippen LogP contribution in [0.3, 0.4) is 0 Å². The van der Waals surface area contributed by atoms with Crippen LogP contribution in [0, 0.1) is 0 Å². The fraction of sp³-hybridized carbons (Fsp3) is 0.625. The number of nitrogens with one attached hydrogen (secondary N) is 1. The molecule has 19 heavy (non-hydrogen) atoms. The maximum atomic E-state index is 10.6. The van der Waals surface area contributed by atoms with Crippen molar-refractivity contribution in [1.29, 1.82) is 0 Å². The first-order valence-corrected chi connectivity index (χ1v) is 7.34. The highest BCUT2D eigenvalue weighted by molar-refractivity contribution is 5.34. The second-order valence-electron chi connectivity index (χ2n) is 5.80. The largest absolute Gasteiger partial charge is 0.508 e. The van der Waals surface area contributed by atoms with Gasteiger partial charge in [0, 0.05) is 18.2 Å². The van der Waals surface area contributed by atoms with E-state index in [0.29, 0.717) is 12.3 Å². The first-order chi connectivity index (χ1) is 9.11. The number of para-hydroxylation sites is 1. The lowest BCUT2D eigenvalue weighted by Gasteiger charge is -2.29. The van der Waals surface area contributed by atoms with Gasteiger partial charge in [0.1, 0.15) is 5.75 Å². The first kappa shape index (κ1) is 14.4. The van der Waals surface area contributed by atoms with Crippen molar-refractivity contribution >= 4 is 0 Å². The second kappa shape index (κ2) is 6.40. The average Bonchev–Trinajstić information content (AvgIpc) is 2.62. The van der Waals surface area contributed by atoms with E-state index in [1.807, 2.05) is 25.1 Å². The van der Waals surface area contributed by atoms with Gasteiger partial charge < -0.3 is 15.5 Å². The molecule has 1 unspecified atom stereocenters. The molecule has 2 rings (SSSR count). The SMILES string of the molecule is CC(NCC1(O)CCCCCC1)c1ccccc1O. The van der Waals surface area contributed by atoms with Crippen LogP contribution in [0.25, 0.3) is 0 Å². The van der Waals surface area contributed by atoms with Crippen LogP contribution in [0.4, 0.5) is 0 Å². The monoisotopic (exact) mass is 263 g/mol. The molecule has 0 radical (unpaired) electrons. The molecule has 1 aliphatic carbocycles. The van der Waals surface area contributed by atoms with Crippen LogP contribution in [0.1, 0.15) is 57.1 Å². The van der Waals surface area contributed by atoms with E-state index >= 15 is 0 Å². The van der Waals surface area contributed by atoms with Crippen LogP contribution >= 0.6 is 0 Å². The quantitative estimate of drug-likeness (QED) is 0.732. The summed E-state index contributed by atoms with van der Waals surface area (Å²) in [7, 11) is 0. The van der Waals surface area contributed by atoms with E-state index in [-0.39, 0.29) is 6.04 Å². The zero-order valence-corrected chi connectivity index (χ0v) is 11.7. The van der Waals surface area contributed by atoms with E-state index in [9.17, 15) is 10.2 Å². The number of phenolic OH excluding ortho intramolecular Hbond substituents is 1. The highest BCUT2D eigenvalue weighted by atomic mass is 16.3. The Balaban J connectivity index is 1.92. The van der Waals surface area contributed by atoms with Gasteiger partial charge in [0.2, 0.25) is 0 Å². The molecule has 0 aliphatic heterocycles. The Hall–Kier alpha value is -1.06. The van der Waals surface area contributed by atoms with Crippen molar-refractivity contribution in [3.05, 3.63) is 29.8 Å². The maximum Gasteiger partial charge on any atom is 0.120 e. The molecule has 0 saturated heterocycles. The molecule has 3 heteroatoms. The van der Waals surface area contributed by atoms with Gasteiger partial charge in [0.25, 0.3) is 0 Å². The number of benzene rings is 1. The molecule has 1 aromatic carbocycles. The summed E-state index contributed by atoms with van der Waals surface area (Å²) in [6.45, 7) is 2.62. The zero-order chi connectivity index (χ0) is 13.7. The summed E-state index contributed by atoms with van der Waals surface area (Å²) >= 11 is 0. The van der Waals surface area contributed by atoms with Gasteiger partial charge in [0.15, 0.2) is 0 Å². The van der Waals surface area contributed by atoms with E-state index < -0.39 is 5.60 Å². The summed E-state index contributed by atoms with van der Waals surface area (Å²) < 4.78 is 0. The molecular formula is C16H25NO2. The third kappa shape index (κ3) is 3.95. The Morgan fingerprint density at radius 1 is 1.16 bits per heavy atom. The predicted octanol–water partition coefficient (Wildman–Crippen LogP) is 3.13. The minimum Gasteiger partial charge on any atom is -0.508 e. The van der Waals surface area contributed by atoms with Crippen LogP contribution < -0.4 is 5.32 Å². The fourth-order valence-electron chi connectivity index (χ4n) is 2.87. The Morgan fingerprint density at radius 3 is 2.42 bits per heavy atom. The summed E-state index contributed by atoms with van der Waals surface area (Å²) in [5, 5.41) is 23.8. The molecule has 1 atom stereocenters. The Morgan fingerprint density at radius 2 is 1.79 bits per heavy atom. The lowest BCUT2D eigenvalue weighted by atomic mass is 9.94. The summed E-state index contributed by atoms with van der Waals surface area (Å²) in [5.74, 6) is 0.315. The molecule has 1 aliphatic rings. The van der Waals surface area contributed by atoms with Crippen LogP contribution in [-0.4, -0.2) is 22.4 Å². The molecule has 0 bridgehead atoms. The number of aliphatic hydroxyl groups is 1. The van der Waals surface area contributed by atoms with Crippen molar-refractivity contribution in [3.63, 3.8) is 0 Å². The summed E-state index contributed by atoms with van der Waals surface area (Å²) in [5.41, 5.74) is 0.314. The fourth-order valence-corrected chi connectivity index (χ4v) is 2.87. The third-order valence-electron chi connectivity index (χ3n) is 4.17. The Labute approximate surface area is 115 Å². The molecule has 1 fully saturated rings. The van der Waals surface area contributed by atoms with Crippen LogP contribution in [0.15, 0.2) is 24.3 Å². The number of aromatic hydroxyl groups is 1. The van der Waals surface area contributed by atoms with Crippen molar-refractivity contribution in [2.45, 2.75) is 57.1 Å². The van der Waals surface area contributed by atoms with Gasteiger partial charge in [-0.2, -0.15) is 0 Å². The number of hydrogen-bond acceptors (Lipinski definition) is 3. The maximum absolute atomic E-state index is 10.6. The normalized spacial score (nSPS) is 20.7. The molecule has 0 amide bonds. The van der Waals surface area contributed by atoms with Crippen molar-refractivity contribution in [2.75, 3.05) is 6.54 Å². The van der Waals surface area contributed by atoms with E-state index in [2.05, 4.69) is 5.32 Å². The molecule has 1 saturated carbocycles. The smallest absolute Gasteiger partial charge is 0.120 e. The lowest BCUT2D eigenvalue weighted by molar-refractivity contribution is 0.0231. The van der Waals surface area contributed by atoms with Crippen molar-refractivity contribution in [3.8, 4) is 5.75 Å². The zero-order valence-electron chi connectivity index (χ0n) is 11.7. The minimum atomic E-state index is -0.574. The van der Waals surface area contributed by atoms with Gasteiger partial charge in [-0.1, -0.05) is 43.9 Å². The van der Waals surface area contributed by atoms with E-state index in [0.717, 1.165) is 31.2 Å². The van der Waals surface area contributed by atoms with Crippen LogP contribution in [-0.2, 0) is 0 Å². The average molecular weight is 263 g/mol. The molecule has 106 valence electrons. The molecule has 3 N–H and O–H groups in total. The van der Waals surface area contributed by atoms with Crippen molar-refractivity contribution in [2.24, 2.45) is 0 Å². The molecule has 0 spiro atoms. The summed E-state index contributed by atoms with van der Waals surface area (Å²) in [6.07, 6.45) is 6.46. The topological polar surface area (TPSA) is 52.5 Å². The van der Waals surface area contributed by atoms with Crippen molar-refractivity contribution in [1.82, 2.24) is 5.32 Å². The predicted molar refractivity (Wildman–Crippen MR) is 77.2 cm³/mol. The van der Waals surface area contributed by atoms with E-state index in [4.69, 9.17) is 0 Å².